The first kappa shape index (κ1) is 13.9. The molecule has 2 aromatic carbocycles. The number of benzene rings is 2. The number of H-pyrrole nitrogens is 1. The van der Waals surface area contributed by atoms with Crippen LogP contribution in [0.3, 0.4) is 0 Å². The lowest BCUT2D eigenvalue weighted by atomic mass is 10.3. The first-order valence-electron chi connectivity index (χ1n) is 5.98. The van der Waals surface area contributed by atoms with Crippen molar-refractivity contribution in [3.8, 4) is 0 Å². The molecule has 0 radical (unpaired) electrons. The topological polar surface area (TPSA) is 101 Å². The lowest BCUT2D eigenvalue weighted by Gasteiger charge is -2.06. The predicted molar refractivity (Wildman–Crippen MR) is 85.5 cm³/mol. The van der Waals surface area contributed by atoms with E-state index in [1.807, 2.05) is 18.2 Å². The Balaban J connectivity index is 1.96. The van der Waals surface area contributed by atoms with Gasteiger partial charge in [-0.3, -0.25) is 0 Å². The normalized spacial score (nSPS) is 11.7. The number of hydrogen-bond acceptors (Lipinski definition) is 4. The molecule has 0 unspecified atom stereocenters. The number of fused-ring (bicyclic) bond motifs is 1. The van der Waals surface area contributed by atoms with Crippen LogP contribution in [0.5, 0.6) is 0 Å². The Bertz CT molecular complexity index is 888. The van der Waals surface area contributed by atoms with E-state index < -0.39 is 10.0 Å². The molecule has 0 saturated heterocycles. The van der Waals surface area contributed by atoms with Crippen molar-refractivity contribution in [1.29, 1.82) is 0 Å². The summed E-state index contributed by atoms with van der Waals surface area (Å²) in [5.41, 5.74) is 7.57. The maximum Gasteiger partial charge on any atom is 0.264 e. The number of imidazole rings is 1. The summed E-state index contributed by atoms with van der Waals surface area (Å²) < 4.78 is 27.6. The number of sulfonamides is 1. The van der Waals surface area contributed by atoms with Crippen molar-refractivity contribution < 1.29 is 8.42 Å². The molecule has 1 heterocycles. The number of halogens is 1. The molecule has 4 N–H and O–H groups in total. The van der Waals surface area contributed by atoms with Crippen molar-refractivity contribution in [3.63, 3.8) is 0 Å². The quantitative estimate of drug-likeness (QED) is 0.620. The summed E-state index contributed by atoms with van der Waals surface area (Å²) in [6.45, 7) is 0. The van der Waals surface area contributed by atoms with Gasteiger partial charge in [-0.25, -0.2) is 18.1 Å². The number of rotatable bonds is 3. The van der Waals surface area contributed by atoms with Gasteiger partial charge in [-0.2, -0.15) is 0 Å². The number of nitrogens with one attached hydrogen (secondary N) is 2. The minimum Gasteiger partial charge on any atom is -0.398 e. The van der Waals surface area contributed by atoms with Crippen LogP contribution in [0.1, 0.15) is 0 Å². The molecule has 0 aliphatic heterocycles. The van der Waals surface area contributed by atoms with Crippen LogP contribution in [0, 0.1) is 0 Å². The number of aromatic amines is 1. The van der Waals surface area contributed by atoms with Gasteiger partial charge in [0.15, 0.2) is 0 Å². The Kier molecular flexibility index (Phi) is 3.34. The minimum atomic E-state index is -3.73. The van der Waals surface area contributed by atoms with Crippen molar-refractivity contribution in [1.82, 2.24) is 9.97 Å². The first-order valence-corrected chi connectivity index (χ1v) is 8.26. The third-order valence-corrected chi connectivity index (χ3v) is 4.93. The van der Waals surface area contributed by atoms with Crippen molar-refractivity contribution in [2.75, 3.05) is 10.5 Å². The van der Waals surface area contributed by atoms with Gasteiger partial charge in [-0.05, 0) is 46.3 Å². The van der Waals surface area contributed by atoms with Crippen LogP contribution in [0.2, 0.25) is 0 Å². The Morgan fingerprint density at radius 1 is 1.19 bits per heavy atom. The second-order valence-corrected chi connectivity index (χ2v) is 6.93. The Labute approximate surface area is 129 Å². The fraction of sp³-hybridized carbons (Fsp3) is 0. The van der Waals surface area contributed by atoms with Crippen LogP contribution in [0.15, 0.2) is 51.8 Å². The molecule has 0 fully saturated rings. The van der Waals surface area contributed by atoms with E-state index in [1.54, 1.807) is 6.07 Å². The van der Waals surface area contributed by atoms with Gasteiger partial charge in [-0.15, -0.1) is 0 Å². The molecule has 108 valence electrons. The summed E-state index contributed by atoms with van der Waals surface area (Å²) >= 11 is 3.21. The highest BCUT2D eigenvalue weighted by atomic mass is 79.9. The molecule has 0 spiro atoms. The van der Waals surface area contributed by atoms with Crippen molar-refractivity contribution in [3.05, 3.63) is 46.9 Å². The van der Waals surface area contributed by atoms with Crippen LogP contribution in [-0.2, 0) is 10.0 Å². The lowest BCUT2D eigenvalue weighted by molar-refractivity contribution is 0.601. The molecule has 3 rings (SSSR count). The molecular weight excluding hydrogens is 356 g/mol. The minimum absolute atomic E-state index is 0.101. The average Bonchev–Trinajstić information content (AvgIpc) is 2.82. The molecule has 0 amide bonds. The van der Waals surface area contributed by atoms with Gasteiger partial charge >= 0.3 is 0 Å². The fourth-order valence-corrected chi connectivity index (χ4v) is 3.38. The van der Waals surface area contributed by atoms with Crippen LogP contribution in [-0.4, -0.2) is 18.4 Å². The number of nitrogens with zero attached hydrogens (tertiary/aromatic N) is 1. The van der Waals surface area contributed by atoms with E-state index in [4.69, 9.17) is 5.73 Å². The number of nitrogens with two attached hydrogens (primary N) is 1. The molecule has 0 saturated carbocycles. The average molecular weight is 367 g/mol. The summed E-state index contributed by atoms with van der Waals surface area (Å²) in [6, 6.07) is 11.7. The molecule has 0 aliphatic rings. The summed E-state index contributed by atoms with van der Waals surface area (Å²) in [4.78, 5) is 7.19. The predicted octanol–water partition coefficient (Wildman–Crippen LogP) is 2.71. The largest absolute Gasteiger partial charge is 0.398 e. The van der Waals surface area contributed by atoms with Gasteiger partial charge in [0, 0.05) is 10.2 Å². The van der Waals surface area contributed by atoms with Crippen LogP contribution in [0.4, 0.5) is 11.6 Å². The molecule has 1 aromatic heterocycles. The Hall–Kier alpha value is -2.06. The molecule has 6 nitrogen and oxygen atoms in total. The summed E-state index contributed by atoms with van der Waals surface area (Å²) in [5.74, 6) is 0.171. The third kappa shape index (κ3) is 2.72. The second-order valence-electron chi connectivity index (χ2n) is 4.39. The highest BCUT2D eigenvalue weighted by molar-refractivity contribution is 9.10. The number of hydrogen-bond donors (Lipinski definition) is 3. The van der Waals surface area contributed by atoms with E-state index in [2.05, 4.69) is 30.6 Å². The summed E-state index contributed by atoms with van der Waals surface area (Å²) in [6.07, 6.45) is 0. The molecule has 0 bridgehead atoms. The van der Waals surface area contributed by atoms with Crippen LogP contribution >= 0.6 is 15.9 Å². The molecule has 8 heteroatoms. The standard InChI is InChI=1S/C13H11BrN4O2S/c14-9-7-8(5-6-10(9)15)21(19,20)18-13-16-11-3-1-2-4-12(11)17-13/h1-7H,15H2,(H2,16,17,18). The first-order chi connectivity index (χ1) is 9.95. The lowest BCUT2D eigenvalue weighted by Crippen LogP contribution is -2.14. The zero-order chi connectivity index (χ0) is 15.0. The third-order valence-electron chi connectivity index (χ3n) is 2.90. The summed E-state index contributed by atoms with van der Waals surface area (Å²) in [7, 11) is -3.73. The van der Waals surface area contributed by atoms with Crippen molar-refractivity contribution in [2.24, 2.45) is 0 Å². The van der Waals surface area contributed by atoms with E-state index in [0.717, 1.165) is 5.52 Å². The van der Waals surface area contributed by atoms with Crippen molar-refractivity contribution >= 4 is 48.6 Å². The molecule has 3 aromatic rings. The van der Waals surface area contributed by atoms with Gasteiger partial charge in [-0.1, -0.05) is 12.1 Å². The molecular formula is C13H11BrN4O2S. The number of anilines is 2. The zero-order valence-electron chi connectivity index (χ0n) is 10.7. The Morgan fingerprint density at radius 3 is 2.67 bits per heavy atom. The van der Waals surface area contributed by atoms with Gasteiger partial charge in [0.1, 0.15) is 0 Å². The van der Waals surface area contributed by atoms with Gasteiger partial charge in [0.25, 0.3) is 10.0 Å². The number of nitrogen functional groups attached to an aromatic ring is 1. The summed E-state index contributed by atoms with van der Waals surface area (Å²) in [5, 5.41) is 0. The maximum atomic E-state index is 12.3. The highest BCUT2D eigenvalue weighted by Gasteiger charge is 2.17. The van der Waals surface area contributed by atoms with Gasteiger partial charge < -0.3 is 10.7 Å². The molecule has 21 heavy (non-hydrogen) atoms. The highest BCUT2D eigenvalue weighted by Crippen LogP contribution is 2.24. The van der Waals surface area contributed by atoms with E-state index in [9.17, 15) is 8.42 Å². The second kappa shape index (κ2) is 5.05. The maximum absolute atomic E-state index is 12.3. The fourth-order valence-electron chi connectivity index (χ4n) is 1.86. The van der Waals surface area contributed by atoms with E-state index in [0.29, 0.717) is 15.7 Å². The van der Waals surface area contributed by atoms with Crippen molar-refractivity contribution in [2.45, 2.75) is 4.90 Å². The van der Waals surface area contributed by atoms with Gasteiger partial charge in [0.05, 0.1) is 15.9 Å². The zero-order valence-corrected chi connectivity index (χ0v) is 13.1. The van der Waals surface area contributed by atoms with Crippen LogP contribution in [0.25, 0.3) is 11.0 Å². The SMILES string of the molecule is Nc1ccc(S(=O)(=O)Nc2nc3ccccc3[nH]2)cc1Br. The molecule has 0 aliphatic carbocycles. The van der Waals surface area contributed by atoms with E-state index >= 15 is 0 Å². The number of para-hydroxylation sites is 2. The van der Waals surface area contributed by atoms with E-state index in [1.165, 1.54) is 18.2 Å². The molecule has 0 atom stereocenters. The van der Waals surface area contributed by atoms with E-state index in [-0.39, 0.29) is 10.8 Å². The number of aromatic nitrogens is 2. The van der Waals surface area contributed by atoms with Crippen LogP contribution < -0.4 is 10.5 Å². The monoisotopic (exact) mass is 366 g/mol. The Morgan fingerprint density at radius 2 is 1.95 bits per heavy atom. The van der Waals surface area contributed by atoms with Gasteiger partial charge in [0.2, 0.25) is 5.95 Å². The smallest absolute Gasteiger partial charge is 0.264 e.